The highest BCUT2D eigenvalue weighted by Crippen LogP contribution is 2.21. The largest absolute Gasteiger partial charge is 0.468 e. The van der Waals surface area contributed by atoms with E-state index in [1.807, 2.05) is 24.3 Å². The molecular weight excluding hydrogens is 436 g/mol. The van der Waals surface area contributed by atoms with Gasteiger partial charge in [-0.2, -0.15) is 16.7 Å². The average molecular weight is 461 g/mol. The van der Waals surface area contributed by atoms with Gasteiger partial charge in [0.2, 0.25) is 17.6 Å². The highest BCUT2D eigenvalue weighted by atomic mass is 35.5. The molecular formula is C22H25ClN4O3S. The third kappa shape index (κ3) is 6.35. The number of rotatable bonds is 9. The third-order valence-electron chi connectivity index (χ3n) is 5.18. The smallest absolute Gasteiger partial charge is 0.241 e. The molecule has 1 N–H and O–H groups in total. The van der Waals surface area contributed by atoms with Gasteiger partial charge in [-0.1, -0.05) is 16.8 Å². The Morgan fingerprint density at radius 1 is 1.29 bits per heavy atom. The summed E-state index contributed by atoms with van der Waals surface area (Å²) in [4.78, 5) is 19.3. The van der Waals surface area contributed by atoms with E-state index >= 15 is 0 Å². The molecule has 9 heteroatoms. The predicted octanol–water partition coefficient (Wildman–Crippen LogP) is 4.24. The summed E-state index contributed by atoms with van der Waals surface area (Å²) in [5.74, 6) is 3.85. The SMILES string of the molecule is O=C(NCCSCc1ccco1)C1CCCN(Cc2nc(-c3ccc(Cl)cc3)no2)C1. The molecule has 0 saturated carbocycles. The molecule has 0 spiro atoms. The molecule has 1 saturated heterocycles. The summed E-state index contributed by atoms with van der Waals surface area (Å²) >= 11 is 7.68. The van der Waals surface area contributed by atoms with Gasteiger partial charge < -0.3 is 14.3 Å². The molecule has 7 nitrogen and oxygen atoms in total. The first-order valence-electron chi connectivity index (χ1n) is 10.4. The van der Waals surface area contributed by atoms with Gasteiger partial charge in [0.1, 0.15) is 5.76 Å². The van der Waals surface area contributed by atoms with E-state index < -0.39 is 0 Å². The summed E-state index contributed by atoms with van der Waals surface area (Å²) in [6.07, 6.45) is 3.56. The lowest BCUT2D eigenvalue weighted by atomic mass is 9.97. The van der Waals surface area contributed by atoms with Crippen molar-refractivity contribution in [1.82, 2.24) is 20.4 Å². The first-order chi connectivity index (χ1) is 15.2. The fraction of sp³-hybridized carbons (Fsp3) is 0.409. The van der Waals surface area contributed by atoms with Gasteiger partial charge in [-0.3, -0.25) is 9.69 Å². The van der Waals surface area contributed by atoms with Crippen LogP contribution in [0.2, 0.25) is 5.02 Å². The van der Waals surface area contributed by atoms with Crippen molar-refractivity contribution in [2.24, 2.45) is 5.92 Å². The Morgan fingerprint density at radius 3 is 2.97 bits per heavy atom. The van der Waals surface area contributed by atoms with Gasteiger partial charge in [0, 0.05) is 29.4 Å². The van der Waals surface area contributed by atoms with Crippen LogP contribution in [0.15, 0.2) is 51.6 Å². The number of hydrogen-bond donors (Lipinski definition) is 1. The second kappa shape index (κ2) is 10.8. The number of nitrogens with zero attached hydrogens (tertiary/aromatic N) is 3. The number of amides is 1. The number of aromatic nitrogens is 2. The van der Waals surface area contributed by atoms with Crippen molar-refractivity contribution in [3.63, 3.8) is 0 Å². The minimum atomic E-state index is -0.0116. The topological polar surface area (TPSA) is 84.4 Å². The molecule has 1 aromatic carbocycles. The van der Waals surface area contributed by atoms with Gasteiger partial charge in [0.15, 0.2) is 0 Å². The highest BCUT2D eigenvalue weighted by molar-refractivity contribution is 7.98. The lowest BCUT2D eigenvalue weighted by Crippen LogP contribution is -2.43. The molecule has 1 aliphatic heterocycles. The van der Waals surface area contributed by atoms with E-state index in [0.29, 0.717) is 36.4 Å². The lowest BCUT2D eigenvalue weighted by molar-refractivity contribution is -0.126. The van der Waals surface area contributed by atoms with Gasteiger partial charge in [0.05, 0.1) is 24.5 Å². The molecule has 164 valence electrons. The summed E-state index contributed by atoms with van der Waals surface area (Å²) in [7, 11) is 0. The molecule has 1 unspecified atom stereocenters. The van der Waals surface area contributed by atoms with Crippen LogP contribution in [0.5, 0.6) is 0 Å². The maximum absolute atomic E-state index is 12.6. The second-order valence-corrected chi connectivity index (χ2v) is 9.06. The van der Waals surface area contributed by atoms with Gasteiger partial charge in [0.25, 0.3) is 0 Å². The third-order valence-corrected chi connectivity index (χ3v) is 6.41. The standard InChI is InChI=1S/C22H25ClN4O3S/c23-18-7-5-16(6-8-18)21-25-20(30-26-21)14-27-10-1-3-17(13-27)22(28)24-9-12-31-15-19-4-2-11-29-19/h2,4-8,11,17H,1,3,9-10,12-15H2,(H,24,28). The molecule has 1 aliphatic rings. The Morgan fingerprint density at radius 2 is 2.16 bits per heavy atom. The van der Waals surface area contributed by atoms with Crippen LogP contribution in [0.3, 0.4) is 0 Å². The van der Waals surface area contributed by atoms with Crippen molar-refractivity contribution in [2.45, 2.75) is 25.1 Å². The number of benzene rings is 1. The van der Waals surface area contributed by atoms with E-state index in [-0.39, 0.29) is 11.8 Å². The first kappa shape index (κ1) is 21.9. The maximum Gasteiger partial charge on any atom is 0.241 e. The molecule has 1 atom stereocenters. The number of carbonyl (C=O) groups excluding carboxylic acids is 1. The van der Waals surface area contributed by atoms with E-state index in [1.54, 1.807) is 30.2 Å². The van der Waals surface area contributed by atoms with Crippen molar-refractivity contribution >= 4 is 29.3 Å². The van der Waals surface area contributed by atoms with Gasteiger partial charge in [-0.05, 0) is 55.8 Å². The number of hydrogen-bond acceptors (Lipinski definition) is 7. The molecule has 0 bridgehead atoms. The van der Waals surface area contributed by atoms with Crippen molar-refractivity contribution < 1.29 is 13.7 Å². The molecule has 2 aromatic heterocycles. The monoisotopic (exact) mass is 460 g/mol. The maximum atomic E-state index is 12.6. The molecule has 3 aromatic rings. The first-order valence-corrected chi connectivity index (χ1v) is 11.9. The number of piperidine rings is 1. The second-order valence-electron chi connectivity index (χ2n) is 7.52. The molecule has 4 rings (SSSR count). The molecule has 1 fully saturated rings. The summed E-state index contributed by atoms with van der Waals surface area (Å²) < 4.78 is 10.7. The fourth-order valence-corrected chi connectivity index (χ4v) is 4.48. The zero-order valence-electron chi connectivity index (χ0n) is 17.1. The van der Waals surface area contributed by atoms with Crippen molar-refractivity contribution in [1.29, 1.82) is 0 Å². The number of halogens is 1. The number of thioether (sulfide) groups is 1. The van der Waals surface area contributed by atoms with Crippen molar-refractivity contribution in [3.8, 4) is 11.4 Å². The Kier molecular flexibility index (Phi) is 7.66. The zero-order chi connectivity index (χ0) is 21.5. The molecule has 1 amide bonds. The fourth-order valence-electron chi connectivity index (χ4n) is 3.60. The van der Waals surface area contributed by atoms with Crippen LogP contribution in [0, 0.1) is 5.92 Å². The van der Waals surface area contributed by atoms with Crippen LogP contribution in [0.1, 0.15) is 24.5 Å². The minimum absolute atomic E-state index is 0.0116. The highest BCUT2D eigenvalue weighted by Gasteiger charge is 2.26. The van der Waals surface area contributed by atoms with E-state index in [1.165, 1.54) is 0 Å². The van der Waals surface area contributed by atoms with Gasteiger partial charge in [-0.25, -0.2) is 0 Å². The lowest BCUT2D eigenvalue weighted by Gasteiger charge is -2.30. The van der Waals surface area contributed by atoms with E-state index in [9.17, 15) is 4.79 Å². The van der Waals surface area contributed by atoms with Crippen molar-refractivity contribution in [2.75, 3.05) is 25.4 Å². The number of carbonyl (C=O) groups is 1. The average Bonchev–Trinajstić information content (AvgIpc) is 3.46. The number of furan rings is 1. The van der Waals surface area contributed by atoms with Crippen LogP contribution < -0.4 is 5.32 Å². The molecule has 0 radical (unpaired) electrons. The predicted molar refractivity (Wildman–Crippen MR) is 121 cm³/mol. The Hall–Kier alpha value is -2.29. The van der Waals surface area contributed by atoms with Crippen LogP contribution >= 0.6 is 23.4 Å². The van der Waals surface area contributed by atoms with Crippen LogP contribution in [-0.2, 0) is 17.1 Å². The van der Waals surface area contributed by atoms with Crippen molar-refractivity contribution in [3.05, 3.63) is 59.3 Å². The van der Waals surface area contributed by atoms with E-state index in [4.69, 9.17) is 20.5 Å². The number of nitrogens with one attached hydrogen (secondary N) is 1. The normalized spacial score (nSPS) is 17.0. The Balaban J connectivity index is 1.21. The summed E-state index contributed by atoms with van der Waals surface area (Å²) in [5, 5.41) is 7.80. The van der Waals surface area contributed by atoms with Crippen LogP contribution in [-0.4, -0.2) is 46.3 Å². The van der Waals surface area contributed by atoms with Gasteiger partial charge in [-0.15, -0.1) is 0 Å². The summed E-state index contributed by atoms with van der Waals surface area (Å²) in [6, 6.07) is 11.2. The quantitative estimate of drug-likeness (QED) is 0.478. The van der Waals surface area contributed by atoms with Gasteiger partial charge >= 0.3 is 0 Å². The van der Waals surface area contributed by atoms with Crippen LogP contribution in [0.25, 0.3) is 11.4 Å². The van der Waals surface area contributed by atoms with Crippen LogP contribution in [0.4, 0.5) is 0 Å². The summed E-state index contributed by atoms with van der Waals surface area (Å²) in [5.41, 5.74) is 0.861. The minimum Gasteiger partial charge on any atom is -0.468 e. The molecule has 31 heavy (non-hydrogen) atoms. The molecule has 3 heterocycles. The molecule has 0 aliphatic carbocycles. The summed E-state index contributed by atoms with van der Waals surface area (Å²) in [6.45, 7) is 2.82. The Labute approximate surface area is 190 Å². The zero-order valence-corrected chi connectivity index (χ0v) is 18.7. The number of likely N-dealkylation sites (tertiary alicyclic amines) is 1. The Bertz CT molecular complexity index is 962. The van der Waals surface area contributed by atoms with E-state index in [0.717, 1.165) is 42.2 Å². The van der Waals surface area contributed by atoms with E-state index in [2.05, 4.69) is 20.4 Å².